The number of aromatic nitrogens is 1. The van der Waals surface area contributed by atoms with Crippen LogP contribution in [0.4, 0.5) is 5.69 Å². The number of aryl methyl sites for hydroxylation is 1. The third-order valence-corrected chi connectivity index (χ3v) is 4.46. The fraction of sp³-hybridized carbons (Fsp3) is 0.667. The van der Waals surface area contributed by atoms with Crippen LogP contribution in [0.15, 0.2) is 12.3 Å². The molecular formula is C15H23ClN2. The van der Waals surface area contributed by atoms with Crippen LogP contribution in [0.3, 0.4) is 0 Å². The standard InChI is InChI=1S/C15H23ClN2/c1-10-7-12(9-17-14(10)16)18-13-5-6-15(3,4)8-11(13)2/h7,9,11,13,18H,5-6,8H2,1-4H3. The zero-order valence-electron chi connectivity index (χ0n) is 11.8. The molecule has 1 aromatic rings. The molecule has 2 atom stereocenters. The summed E-state index contributed by atoms with van der Waals surface area (Å²) in [4.78, 5) is 4.20. The Balaban J connectivity index is 2.03. The Morgan fingerprint density at radius 1 is 1.44 bits per heavy atom. The van der Waals surface area contributed by atoms with Crippen LogP contribution in [0.2, 0.25) is 5.15 Å². The first-order valence-corrected chi connectivity index (χ1v) is 7.14. The van der Waals surface area contributed by atoms with E-state index in [9.17, 15) is 0 Å². The van der Waals surface area contributed by atoms with Crippen LogP contribution in [-0.2, 0) is 0 Å². The third-order valence-electron chi connectivity index (χ3n) is 4.06. The highest BCUT2D eigenvalue weighted by atomic mass is 35.5. The first-order valence-electron chi connectivity index (χ1n) is 6.76. The van der Waals surface area contributed by atoms with Crippen LogP contribution < -0.4 is 5.32 Å². The average molecular weight is 267 g/mol. The lowest BCUT2D eigenvalue weighted by atomic mass is 9.70. The van der Waals surface area contributed by atoms with Crippen LogP contribution in [0.1, 0.15) is 45.6 Å². The molecule has 1 saturated carbocycles. The van der Waals surface area contributed by atoms with Gasteiger partial charge in [0.1, 0.15) is 5.15 Å². The number of anilines is 1. The second kappa shape index (κ2) is 5.08. The number of rotatable bonds is 2. The minimum Gasteiger partial charge on any atom is -0.381 e. The highest BCUT2D eigenvalue weighted by molar-refractivity contribution is 6.30. The number of hydrogen-bond acceptors (Lipinski definition) is 2. The summed E-state index contributed by atoms with van der Waals surface area (Å²) in [5.41, 5.74) is 2.62. The zero-order valence-corrected chi connectivity index (χ0v) is 12.5. The maximum Gasteiger partial charge on any atom is 0.132 e. The molecule has 0 saturated heterocycles. The Hall–Kier alpha value is -0.760. The minimum absolute atomic E-state index is 0.492. The Labute approximate surface area is 115 Å². The normalized spacial score (nSPS) is 26.9. The van der Waals surface area contributed by atoms with Crippen LogP contribution in [-0.4, -0.2) is 11.0 Å². The molecule has 1 aliphatic carbocycles. The fourth-order valence-electron chi connectivity index (χ4n) is 3.01. The van der Waals surface area contributed by atoms with Gasteiger partial charge in [0.25, 0.3) is 0 Å². The molecule has 2 nitrogen and oxygen atoms in total. The predicted molar refractivity (Wildman–Crippen MR) is 78.2 cm³/mol. The van der Waals surface area contributed by atoms with Crippen LogP contribution in [0, 0.1) is 18.3 Å². The highest BCUT2D eigenvalue weighted by Gasteiger charge is 2.32. The van der Waals surface area contributed by atoms with Crippen LogP contribution >= 0.6 is 11.6 Å². The largest absolute Gasteiger partial charge is 0.381 e. The van der Waals surface area contributed by atoms with Crippen molar-refractivity contribution in [2.75, 3.05) is 5.32 Å². The van der Waals surface area contributed by atoms with Crippen molar-refractivity contribution in [2.45, 2.75) is 53.0 Å². The van der Waals surface area contributed by atoms with E-state index in [1.54, 1.807) is 0 Å². The first kappa shape index (κ1) is 13.7. The van der Waals surface area contributed by atoms with Gasteiger partial charge in [-0.2, -0.15) is 0 Å². The van der Waals surface area contributed by atoms with Gasteiger partial charge in [0, 0.05) is 6.04 Å². The maximum atomic E-state index is 5.95. The van der Waals surface area contributed by atoms with Gasteiger partial charge in [-0.15, -0.1) is 0 Å². The molecule has 1 heterocycles. The quantitative estimate of drug-likeness (QED) is 0.787. The summed E-state index contributed by atoms with van der Waals surface area (Å²) >= 11 is 5.95. The van der Waals surface area contributed by atoms with Crippen molar-refractivity contribution in [1.82, 2.24) is 4.98 Å². The lowest BCUT2D eigenvalue weighted by Crippen LogP contribution is -2.36. The molecule has 3 heteroatoms. The number of hydrogen-bond donors (Lipinski definition) is 1. The number of nitrogens with zero attached hydrogens (tertiary/aromatic N) is 1. The topological polar surface area (TPSA) is 24.9 Å². The van der Waals surface area contributed by atoms with Crippen LogP contribution in [0.5, 0.6) is 0 Å². The SMILES string of the molecule is Cc1cc(NC2CCC(C)(C)CC2C)cnc1Cl. The third kappa shape index (κ3) is 3.17. The molecule has 0 bridgehead atoms. The zero-order chi connectivity index (χ0) is 13.3. The summed E-state index contributed by atoms with van der Waals surface area (Å²) in [5, 5.41) is 4.21. The maximum absolute atomic E-state index is 5.95. The Morgan fingerprint density at radius 3 is 2.78 bits per heavy atom. The van der Waals surface area contributed by atoms with Gasteiger partial charge in [-0.05, 0) is 49.1 Å². The highest BCUT2D eigenvalue weighted by Crippen LogP contribution is 2.39. The summed E-state index contributed by atoms with van der Waals surface area (Å²) in [7, 11) is 0. The van der Waals surface area contributed by atoms with E-state index >= 15 is 0 Å². The summed E-state index contributed by atoms with van der Waals surface area (Å²) in [6.07, 6.45) is 5.64. The fourth-order valence-corrected chi connectivity index (χ4v) is 3.12. The van der Waals surface area contributed by atoms with E-state index in [1.807, 2.05) is 13.1 Å². The van der Waals surface area contributed by atoms with E-state index in [1.165, 1.54) is 19.3 Å². The van der Waals surface area contributed by atoms with E-state index in [0.717, 1.165) is 11.3 Å². The molecule has 18 heavy (non-hydrogen) atoms. The lowest BCUT2D eigenvalue weighted by Gasteiger charge is -2.40. The Morgan fingerprint density at radius 2 is 2.17 bits per heavy atom. The molecule has 1 aliphatic rings. The van der Waals surface area contributed by atoms with Crippen LogP contribution in [0.25, 0.3) is 0 Å². The van der Waals surface area contributed by atoms with Gasteiger partial charge in [-0.3, -0.25) is 0 Å². The van der Waals surface area contributed by atoms with Gasteiger partial charge >= 0.3 is 0 Å². The van der Waals surface area contributed by atoms with E-state index in [2.05, 4.69) is 37.1 Å². The summed E-state index contributed by atoms with van der Waals surface area (Å²) in [6, 6.07) is 2.64. The molecular weight excluding hydrogens is 244 g/mol. The molecule has 0 spiro atoms. The molecule has 2 unspecified atom stereocenters. The molecule has 1 aromatic heterocycles. The van der Waals surface area contributed by atoms with Crippen molar-refractivity contribution in [3.8, 4) is 0 Å². The molecule has 0 aromatic carbocycles. The molecule has 0 aliphatic heterocycles. The van der Waals surface area contributed by atoms with E-state index in [-0.39, 0.29) is 0 Å². The van der Waals surface area contributed by atoms with Crippen molar-refractivity contribution in [3.05, 3.63) is 23.0 Å². The van der Waals surface area contributed by atoms with E-state index in [4.69, 9.17) is 11.6 Å². The molecule has 2 rings (SSSR count). The van der Waals surface area contributed by atoms with Crippen molar-refractivity contribution < 1.29 is 0 Å². The molecule has 0 radical (unpaired) electrons. The van der Waals surface area contributed by atoms with Gasteiger partial charge in [-0.1, -0.05) is 32.4 Å². The number of halogens is 1. The van der Waals surface area contributed by atoms with E-state index < -0.39 is 0 Å². The van der Waals surface area contributed by atoms with Gasteiger partial charge in [0.2, 0.25) is 0 Å². The summed E-state index contributed by atoms with van der Waals surface area (Å²) in [6.45, 7) is 9.07. The van der Waals surface area contributed by atoms with Gasteiger partial charge in [-0.25, -0.2) is 4.98 Å². The minimum atomic E-state index is 0.492. The van der Waals surface area contributed by atoms with Crippen molar-refractivity contribution in [3.63, 3.8) is 0 Å². The average Bonchev–Trinajstić information content (AvgIpc) is 2.27. The van der Waals surface area contributed by atoms with Crippen molar-refractivity contribution in [1.29, 1.82) is 0 Å². The Kier molecular flexibility index (Phi) is 3.86. The number of nitrogens with one attached hydrogen (secondary N) is 1. The molecule has 100 valence electrons. The van der Waals surface area contributed by atoms with E-state index in [0.29, 0.717) is 22.5 Å². The van der Waals surface area contributed by atoms with Crippen molar-refractivity contribution in [2.24, 2.45) is 11.3 Å². The van der Waals surface area contributed by atoms with Gasteiger partial charge in [0.15, 0.2) is 0 Å². The summed E-state index contributed by atoms with van der Waals surface area (Å²) in [5.74, 6) is 0.699. The second-order valence-corrected chi connectivity index (χ2v) is 6.82. The second-order valence-electron chi connectivity index (χ2n) is 6.47. The lowest BCUT2D eigenvalue weighted by molar-refractivity contribution is 0.177. The summed E-state index contributed by atoms with van der Waals surface area (Å²) < 4.78 is 0. The molecule has 1 fully saturated rings. The van der Waals surface area contributed by atoms with Gasteiger partial charge < -0.3 is 5.32 Å². The number of pyridine rings is 1. The first-order chi connectivity index (χ1) is 8.37. The smallest absolute Gasteiger partial charge is 0.132 e. The van der Waals surface area contributed by atoms with Gasteiger partial charge in [0.05, 0.1) is 11.9 Å². The monoisotopic (exact) mass is 266 g/mol. The Bertz CT molecular complexity index is 429. The van der Waals surface area contributed by atoms with Crippen molar-refractivity contribution >= 4 is 17.3 Å². The molecule has 1 N–H and O–H groups in total. The predicted octanol–water partition coefficient (Wildman–Crippen LogP) is 4.67. The molecule has 0 amide bonds.